The van der Waals surface area contributed by atoms with Gasteiger partial charge in [0.25, 0.3) is 5.91 Å². The van der Waals surface area contributed by atoms with Gasteiger partial charge in [0.15, 0.2) is 0 Å². The lowest BCUT2D eigenvalue weighted by Crippen LogP contribution is -2.50. The first-order chi connectivity index (χ1) is 20.6. The van der Waals surface area contributed by atoms with Crippen LogP contribution in [0.4, 0.5) is 23.7 Å². The fraction of sp³-hybridized carbons (Fsp3) is 0.452. The molecular formula is C31H38F3N5O4S. The van der Waals surface area contributed by atoms with Crippen LogP contribution in [0.1, 0.15) is 66.3 Å². The van der Waals surface area contributed by atoms with Crippen molar-refractivity contribution in [3.8, 4) is 0 Å². The Hall–Kier alpha value is -3.71. The van der Waals surface area contributed by atoms with Gasteiger partial charge in [-0.25, -0.2) is 13.2 Å². The van der Waals surface area contributed by atoms with Crippen molar-refractivity contribution in [1.29, 1.82) is 0 Å². The van der Waals surface area contributed by atoms with E-state index in [2.05, 4.69) is 5.32 Å². The zero-order valence-electron chi connectivity index (χ0n) is 25.1. The van der Waals surface area contributed by atoms with Crippen LogP contribution in [0.15, 0.2) is 46.8 Å². The molecule has 1 spiro atoms. The number of carbonyl (C=O) groups excluding carboxylic acids is 2. The van der Waals surface area contributed by atoms with Gasteiger partial charge >= 0.3 is 12.2 Å². The number of nitrogens with one attached hydrogen (secondary N) is 1. The van der Waals surface area contributed by atoms with Gasteiger partial charge in [0.05, 0.1) is 0 Å². The van der Waals surface area contributed by atoms with Gasteiger partial charge in [0.2, 0.25) is 10.0 Å². The predicted octanol–water partition coefficient (Wildman–Crippen LogP) is 5.20. The Labute approximate surface area is 256 Å². The molecule has 1 fully saturated rings. The van der Waals surface area contributed by atoms with Gasteiger partial charge < -0.3 is 11.1 Å². The fourth-order valence-electron chi connectivity index (χ4n) is 5.54. The quantitative estimate of drug-likeness (QED) is 0.349. The van der Waals surface area contributed by atoms with Gasteiger partial charge in [0.1, 0.15) is 11.4 Å². The summed E-state index contributed by atoms with van der Waals surface area (Å²) in [5.74, 6) is 0.167. The van der Waals surface area contributed by atoms with Gasteiger partial charge in [-0.1, -0.05) is 30.7 Å². The second-order valence-corrected chi connectivity index (χ2v) is 13.3. The van der Waals surface area contributed by atoms with Crippen LogP contribution in [0.5, 0.6) is 0 Å². The molecule has 3 amide bonds. The van der Waals surface area contributed by atoms with E-state index in [1.54, 1.807) is 25.3 Å². The SMILES string of the molecule is Cc1cc(N(C)C(N)=O)cc(C)c1C=CS(=O)(=O)N1CCC2(CC1)N=C(c1ccc(CCCCCC(F)(F)F)cc1)NC2=O. The predicted molar refractivity (Wildman–Crippen MR) is 165 cm³/mol. The molecule has 0 atom stereocenters. The van der Waals surface area contributed by atoms with Gasteiger partial charge in [0, 0.05) is 43.2 Å². The van der Waals surface area contributed by atoms with Crippen LogP contribution in [0.3, 0.4) is 0 Å². The molecule has 238 valence electrons. The number of nitrogens with two attached hydrogens (primary N) is 1. The molecule has 0 aromatic heterocycles. The van der Waals surface area contributed by atoms with Crippen molar-refractivity contribution in [1.82, 2.24) is 9.62 Å². The largest absolute Gasteiger partial charge is 0.389 e. The van der Waals surface area contributed by atoms with E-state index >= 15 is 0 Å². The Balaban J connectivity index is 1.36. The molecule has 2 aromatic carbocycles. The summed E-state index contributed by atoms with van der Waals surface area (Å²) in [7, 11) is -2.21. The van der Waals surface area contributed by atoms with Crippen molar-refractivity contribution in [3.63, 3.8) is 0 Å². The van der Waals surface area contributed by atoms with Crippen molar-refractivity contribution < 1.29 is 31.2 Å². The van der Waals surface area contributed by atoms with Gasteiger partial charge in [-0.3, -0.25) is 14.7 Å². The highest BCUT2D eigenvalue weighted by molar-refractivity contribution is 7.92. The summed E-state index contributed by atoms with van der Waals surface area (Å²) in [5.41, 5.74) is 8.93. The van der Waals surface area contributed by atoms with Crippen LogP contribution in [-0.2, 0) is 21.2 Å². The maximum Gasteiger partial charge on any atom is 0.389 e. The van der Waals surface area contributed by atoms with Crippen LogP contribution in [-0.4, -0.2) is 62.3 Å². The van der Waals surface area contributed by atoms with E-state index in [0.29, 0.717) is 36.3 Å². The molecule has 13 heteroatoms. The van der Waals surface area contributed by atoms with Crippen molar-refractivity contribution in [3.05, 3.63) is 69.6 Å². The van der Waals surface area contributed by atoms with Crippen LogP contribution >= 0.6 is 0 Å². The minimum Gasteiger partial charge on any atom is -0.351 e. The van der Waals surface area contributed by atoms with Crippen molar-refractivity contribution in [2.24, 2.45) is 10.7 Å². The molecule has 2 aliphatic heterocycles. The molecule has 3 N–H and O–H groups in total. The number of carbonyl (C=O) groups is 2. The molecule has 44 heavy (non-hydrogen) atoms. The third kappa shape index (κ3) is 7.86. The summed E-state index contributed by atoms with van der Waals surface area (Å²) < 4.78 is 64.6. The second kappa shape index (κ2) is 13.1. The molecule has 1 saturated heterocycles. The van der Waals surface area contributed by atoms with E-state index < -0.39 is 34.2 Å². The zero-order chi connectivity index (χ0) is 32.3. The average molecular weight is 634 g/mol. The summed E-state index contributed by atoms with van der Waals surface area (Å²) >= 11 is 0. The molecule has 2 heterocycles. The number of amidine groups is 1. The van der Waals surface area contributed by atoms with Crippen LogP contribution in [0, 0.1) is 13.8 Å². The van der Waals surface area contributed by atoms with E-state index in [9.17, 15) is 31.2 Å². The number of urea groups is 1. The number of piperidine rings is 1. The first kappa shape index (κ1) is 33.2. The van der Waals surface area contributed by atoms with E-state index in [1.165, 1.54) is 14.6 Å². The number of nitrogens with zero attached hydrogens (tertiary/aromatic N) is 3. The number of primary amides is 1. The average Bonchev–Trinajstić information content (AvgIpc) is 3.26. The highest BCUT2D eigenvalue weighted by Crippen LogP contribution is 2.33. The molecule has 0 unspecified atom stereocenters. The van der Waals surface area contributed by atoms with Crippen molar-refractivity contribution in [2.45, 2.75) is 70.5 Å². The second-order valence-electron chi connectivity index (χ2n) is 11.5. The van der Waals surface area contributed by atoms with Crippen LogP contribution < -0.4 is 16.0 Å². The minimum atomic E-state index is -4.12. The Morgan fingerprint density at radius 2 is 1.70 bits per heavy atom. The Morgan fingerprint density at radius 1 is 1.09 bits per heavy atom. The zero-order valence-corrected chi connectivity index (χ0v) is 25.9. The first-order valence-corrected chi connectivity index (χ1v) is 16.0. The molecule has 9 nitrogen and oxygen atoms in total. The van der Waals surface area contributed by atoms with Gasteiger partial charge in [-0.2, -0.15) is 17.5 Å². The third-order valence-corrected chi connectivity index (χ3v) is 9.81. The first-order valence-electron chi connectivity index (χ1n) is 14.5. The smallest absolute Gasteiger partial charge is 0.351 e. The molecule has 2 aliphatic rings. The molecule has 0 radical (unpaired) electrons. The summed E-state index contributed by atoms with van der Waals surface area (Å²) in [6, 6.07) is 10.3. The number of aliphatic imine (C=N–C) groups is 1. The molecule has 0 saturated carbocycles. The van der Waals surface area contributed by atoms with E-state index in [4.69, 9.17) is 10.7 Å². The number of alkyl halides is 3. The lowest BCUT2D eigenvalue weighted by Gasteiger charge is -2.34. The third-order valence-electron chi connectivity index (χ3n) is 8.25. The number of halogens is 3. The summed E-state index contributed by atoms with van der Waals surface area (Å²) in [6.07, 6.45) is -0.933. The standard InChI is InChI=1S/C31H38F3N5O4S/c1-21-19-25(38(3)29(35)41)20-22(2)26(21)12-18-44(42,43)39-16-14-30(15-17-39)28(40)36-27(37-30)24-10-8-23(9-11-24)7-5-4-6-13-31(32,33)34/h8-12,18-20H,4-7,13-17H2,1-3H3,(H2,35,41)(H,36,37,40). The number of hydrogen-bond donors (Lipinski definition) is 2. The Bertz CT molecular complexity index is 1540. The summed E-state index contributed by atoms with van der Waals surface area (Å²) in [5, 5.41) is 4.01. The maximum atomic E-state index is 13.2. The fourth-order valence-corrected chi connectivity index (χ4v) is 6.71. The molecule has 0 aliphatic carbocycles. The van der Waals surface area contributed by atoms with Crippen LogP contribution in [0.2, 0.25) is 0 Å². The van der Waals surface area contributed by atoms with Gasteiger partial charge in [-0.05, 0) is 86.4 Å². The number of hydrogen-bond acceptors (Lipinski definition) is 5. The number of anilines is 1. The number of rotatable bonds is 10. The molecule has 0 bridgehead atoms. The molecule has 2 aromatic rings. The number of benzene rings is 2. The van der Waals surface area contributed by atoms with Crippen molar-refractivity contribution in [2.75, 3.05) is 25.0 Å². The minimum absolute atomic E-state index is 0.117. The number of sulfonamides is 1. The lowest BCUT2D eigenvalue weighted by atomic mass is 9.89. The van der Waals surface area contributed by atoms with E-state index in [1.807, 2.05) is 38.1 Å². The lowest BCUT2D eigenvalue weighted by molar-refractivity contribution is -0.135. The number of unbranched alkanes of at least 4 members (excludes halogenated alkanes) is 2. The maximum absolute atomic E-state index is 13.2. The summed E-state index contributed by atoms with van der Waals surface area (Å²) in [4.78, 5) is 30.6. The van der Waals surface area contributed by atoms with E-state index in [-0.39, 0.29) is 38.3 Å². The van der Waals surface area contributed by atoms with Gasteiger partial charge in [-0.15, -0.1) is 0 Å². The Kier molecular flexibility index (Phi) is 9.89. The Morgan fingerprint density at radius 3 is 2.27 bits per heavy atom. The number of amides is 3. The summed E-state index contributed by atoms with van der Waals surface area (Å²) in [6.45, 7) is 3.91. The highest BCUT2D eigenvalue weighted by Gasteiger charge is 2.47. The van der Waals surface area contributed by atoms with Crippen LogP contribution in [0.25, 0.3) is 6.08 Å². The molecular weight excluding hydrogens is 595 g/mol. The van der Waals surface area contributed by atoms with Crippen molar-refractivity contribution >= 4 is 39.6 Å². The number of aryl methyl sites for hydroxylation is 3. The topological polar surface area (TPSA) is 125 Å². The normalized spacial score (nSPS) is 17.2. The van der Waals surface area contributed by atoms with E-state index in [0.717, 1.165) is 22.3 Å². The highest BCUT2D eigenvalue weighted by atomic mass is 32.2. The molecule has 4 rings (SSSR count). The monoisotopic (exact) mass is 633 g/mol.